The minimum atomic E-state index is -1.55. The molecule has 9 heteroatoms. The summed E-state index contributed by atoms with van der Waals surface area (Å²) in [6.07, 6.45) is 0.993. The smallest absolute Gasteiger partial charge is 0.326 e. The highest BCUT2D eigenvalue weighted by atomic mass is 16.4. The van der Waals surface area contributed by atoms with Crippen LogP contribution in [-0.2, 0) is 20.8 Å². The standard InChI is InChI=1S/C15H17N3O6/c16-10(14(22)18-12(15(23)24)5-13(20)21)3-7-6-17-11-2-1-8(19)4-9(7)11/h1-2,4,6,10,12,17,19H,3,5,16H2,(H,18,22)(H,20,21)(H,23,24)/t10-,12-/m0/s1. The summed E-state index contributed by atoms with van der Waals surface area (Å²) in [5.41, 5.74) is 7.22. The maximum atomic E-state index is 12.0. The highest BCUT2D eigenvalue weighted by molar-refractivity contribution is 5.90. The van der Waals surface area contributed by atoms with Crippen LogP contribution in [-0.4, -0.2) is 50.2 Å². The number of nitrogens with two attached hydrogens (primary N) is 1. The van der Waals surface area contributed by atoms with Crippen molar-refractivity contribution >= 4 is 28.7 Å². The van der Waals surface area contributed by atoms with Gasteiger partial charge in [0, 0.05) is 17.1 Å². The van der Waals surface area contributed by atoms with Crippen LogP contribution in [0.2, 0.25) is 0 Å². The number of carbonyl (C=O) groups is 3. The molecule has 0 aliphatic carbocycles. The van der Waals surface area contributed by atoms with Crippen molar-refractivity contribution in [3.8, 4) is 5.75 Å². The van der Waals surface area contributed by atoms with Crippen LogP contribution in [0.1, 0.15) is 12.0 Å². The summed E-state index contributed by atoms with van der Waals surface area (Å²) in [6.45, 7) is 0. The number of aliphatic carboxylic acids is 2. The zero-order valence-electron chi connectivity index (χ0n) is 12.5. The molecule has 1 aromatic heterocycles. The largest absolute Gasteiger partial charge is 0.508 e. The Bertz CT molecular complexity index is 785. The number of hydrogen-bond donors (Lipinski definition) is 6. The van der Waals surface area contributed by atoms with Crippen molar-refractivity contribution in [2.75, 3.05) is 0 Å². The van der Waals surface area contributed by atoms with E-state index in [4.69, 9.17) is 15.9 Å². The van der Waals surface area contributed by atoms with Gasteiger partial charge >= 0.3 is 11.9 Å². The van der Waals surface area contributed by atoms with Gasteiger partial charge < -0.3 is 31.4 Å². The topological polar surface area (TPSA) is 166 Å². The quantitative estimate of drug-likeness (QED) is 0.407. The number of phenols is 1. The summed E-state index contributed by atoms with van der Waals surface area (Å²) in [7, 11) is 0. The van der Waals surface area contributed by atoms with Crippen LogP contribution >= 0.6 is 0 Å². The molecule has 1 amide bonds. The Kier molecular flexibility index (Phi) is 5.05. The first-order chi connectivity index (χ1) is 11.3. The number of carbonyl (C=O) groups excluding carboxylic acids is 1. The van der Waals surface area contributed by atoms with Crippen LogP contribution < -0.4 is 11.1 Å². The van der Waals surface area contributed by atoms with Gasteiger partial charge in [0.25, 0.3) is 0 Å². The van der Waals surface area contributed by atoms with E-state index >= 15 is 0 Å². The van der Waals surface area contributed by atoms with E-state index in [9.17, 15) is 19.5 Å². The number of hydrogen-bond acceptors (Lipinski definition) is 5. The van der Waals surface area contributed by atoms with Gasteiger partial charge in [-0.2, -0.15) is 0 Å². The molecular formula is C15H17N3O6. The molecule has 7 N–H and O–H groups in total. The summed E-state index contributed by atoms with van der Waals surface area (Å²) < 4.78 is 0. The van der Waals surface area contributed by atoms with Crippen molar-refractivity contribution in [2.24, 2.45) is 5.73 Å². The lowest BCUT2D eigenvalue weighted by molar-refractivity contribution is -0.147. The predicted octanol–water partition coefficient (Wildman–Crippen LogP) is -0.213. The number of benzene rings is 1. The van der Waals surface area contributed by atoms with E-state index in [-0.39, 0.29) is 12.2 Å². The van der Waals surface area contributed by atoms with E-state index < -0.39 is 36.4 Å². The van der Waals surface area contributed by atoms with Gasteiger partial charge in [-0.15, -0.1) is 0 Å². The number of amides is 1. The number of aromatic amines is 1. The maximum absolute atomic E-state index is 12.0. The number of carboxylic acid groups (broad SMARTS) is 2. The van der Waals surface area contributed by atoms with Crippen molar-refractivity contribution < 1.29 is 29.7 Å². The monoisotopic (exact) mass is 335 g/mol. The number of H-pyrrole nitrogens is 1. The third kappa shape index (κ3) is 4.02. The molecule has 0 aliphatic rings. The zero-order chi connectivity index (χ0) is 17.9. The third-order valence-corrected chi connectivity index (χ3v) is 3.52. The molecule has 1 heterocycles. The SMILES string of the molecule is N[C@@H](Cc1c[nH]c2ccc(O)cc12)C(=O)N[C@@H](CC(=O)O)C(=O)O. The number of fused-ring (bicyclic) bond motifs is 1. The van der Waals surface area contributed by atoms with Gasteiger partial charge in [0.2, 0.25) is 5.91 Å². The second-order valence-corrected chi connectivity index (χ2v) is 5.35. The minimum absolute atomic E-state index is 0.0637. The highest BCUT2D eigenvalue weighted by Gasteiger charge is 2.26. The number of phenolic OH excluding ortho intramolecular Hbond substituents is 1. The van der Waals surface area contributed by atoms with Crippen molar-refractivity contribution in [1.29, 1.82) is 0 Å². The molecule has 128 valence electrons. The maximum Gasteiger partial charge on any atom is 0.326 e. The Morgan fingerprint density at radius 1 is 1.25 bits per heavy atom. The Morgan fingerprint density at radius 2 is 1.96 bits per heavy atom. The predicted molar refractivity (Wildman–Crippen MR) is 83.5 cm³/mol. The molecule has 0 saturated carbocycles. The number of nitrogens with one attached hydrogen (secondary N) is 2. The first kappa shape index (κ1) is 17.3. The second-order valence-electron chi connectivity index (χ2n) is 5.35. The fourth-order valence-electron chi connectivity index (χ4n) is 2.32. The highest BCUT2D eigenvalue weighted by Crippen LogP contribution is 2.23. The van der Waals surface area contributed by atoms with Gasteiger partial charge in [0.15, 0.2) is 0 Å². The van der Waals surface area contributed by atoms with E-state index in [1.807, 2.05) is 0 Å². The van der Waals surface area contributed by atoms with Gasteiger partial charge in [-0.25, -0.2) is 4.79 Å². The van der Waals surface area contributed by atoms with Crippen LogP contribution in [0.15, 0.2) is 24.4 Å². The Hall–Kier alpha value is -3.07. The average molecular weight is 335 g/mol. The third-order valence-electron chi connectivity index (χ3n) is 3.52. The molecule has 0 saturated heterocycles. The Balaban J connectivity index is 2.08. The number of aromatic nitrogens is 1. The van der Waals surface area contributed by atoms with Gasteiger partial charge in [0.05, 0.1) is 12.5 Å². The van der Waals surface area contributed by atoms with Crippen molar-refractivity contribution in [2.45, 2.75) is 24.9 Å². The first-order valence-electron chi connectivity index (χ1n) is 7.07. The molecule has 0 bridgehead atoms. The van der Waals surface area contributed by atoms with Gasteiger partial charge in [-0.1, -0.05) is 0 Å². The van der Waals surface area contributed by atoms with Crippen LogP contribution in [0.25, 0.3) is 10.9 Å². The molecule has 2 atom stereocenters. The summed E-state index contributed by atoms with van der Waals surface area (Å²) in [5.74, 6) is -3.50. The molecule has 0 unspecified atom stereocenters. The lowest BCUT2D eigenvalue weighted by Crippen LogP contribution is -2.49. The van der Waals surface area contributed by atoms with Crippen molar-refractivity contribution in [1.82, 2.24) is 10.3 Å². The molecule has 2 rings (SSSR count). The Morgan fingerprint density at radius 3 is 2.58 bits per heavy atom. The van der Waals surface area contributed by atoms with Gasteiger partial charge in [-0.3, -0.25) is 9.59 Å². The molecule has 9 nitrogen and oxygen atoms in total. The first-order valence-corrected chi connectivity index (χ1v) is 7.07. The normalized spacial score (nSPS) is 13.4. The average Bonchev–Trinajstić information content (AvgIpc) is 2.88. The summed E-state index contributed by atoms with van der Waals surface area (Å²) in [5, 5.41) is 29.9. The second kappa shape index (κ2) is 7.01. The fraction of sp³-hybridized carbons (Fsp3) is 0.267. The van der Waals surface area contributed by atoms with E-state index in [1.165, 1.54) is 12.1 Å². The molecule has 0 aliphatic heterocycles. The van der Waals surface area contributed by atoms with Crippen LogP contribution in [0.4, 0.5) is 0 Å². The summed E-state index contributed by atoms with van der Waals surface area (Å²) in [4.78, 5) is 36.6. The molecule has 24 heavy (non-hydrogen) atoms. The molecular weight excluding hydrogens is 318 g/mol. The lowest BCUT2D eigenvalue weighted by Gasteiger charge is -2.16. The van der Waals surface area contributed by atoms with E-state index in [0.29, 0.717) is 10.9 Å². The van der Waals surface area contributed by atoms with Crippen LogP contribution in [0.5, 0.6) is 5.75 Å². The van der Waals surface area contributed by atoms with Crippen LogP contribution in [0.3, 0.4) is 0 Å². The molecule has 2 aromatic rings. The zero-order valence-corrected chi connectivity index (χ0v) is 12.5. The summed E-state index contributed by atoms with van der Waals surface area (Å²) in [6, 6.07) is 2.09. The van der Waals surface area contributed by atoms with Crippen molar-refractivity contribution in [3.05, 3.63) is 30.0 Å². The van der Waals surface area contributed by atoms with E-state index in [2.05, 4.69) is 10.3 Å². The number of aromatic hydroxyl groups is 1. The molecule has 0 spiro atoms. The van der Waals surface area contributed by atoms with Gasteiger partial charge in [0.1, 0.15) is 11.8 Å². The molecule has 0 fully saturated rings. The lowest BCUT2D eigenvalue weighted by atomic mass is 10.0. The van der Waals surface area contributed by atoms with E-state index in [1.54, 1.807) is 12.3 Å². The number of carboxylic acids is 2. The molecule has 1 aromatic carbocycles. The van der Waals surface area contributed by atoms with Crippen LogP contribution in [0, 0.1) is 0 Å². The Labute approximate surface area is 136 Å². The minimum Gasteiger partial charge on any atom is -0.508 e. The number of rotatable bonds is 7. The molecule has 0 radical (unpaired) electrons. The van der Waals surface area contributed by atoms with Crippen molar-refractivity contribution in [3.63, 3.8) is 0 Å². The summed E-state index contributed by atoms with van der Waals surface area (Å²) >= 11 is 0. The van der Waals surface area contributed by atoms with Gasteiger partial charge in [-0.05, 0) is 30.2 Å². The fourth-order valence-corrected chi connectivity index (χ4v) is 2.32. The van der Waals surface area contributed by atoms with E-state index in [0.717, 1.165) is 5.52 Å².